The van der Waals surface area contributed by atoms with E-state index >= 15 is 0 Å². The van der Waals surface area contributed by atoms with Crippen LogP contribution in [0.3, 0.4) is 0 Å². The Morgan fingerprint density at radius 3 is 2.52 bits per heavy atom. The van der Waals surface area contributed by atoms with Crippen molar-refractivity contribution < 1.29 is 5.11 Å². The van der Waals surface area contributed by atoms with Crippen LogP contribution in [0.1, 0.15) is 98.8 Å². The molecule has 0 radical (unpaired) electrons. The van der Waals surface area contributed by atoms with Gasteiger partial charge >= 0.3 is 0 Å². The molecule has 2 heteroatoms. The molecule has 1 N–H and O–H groups in total. The molecule has 0 bridgehead atoms. The topological polar surface area (TPSA) is 20.2 Å². The number of aliphatic hydroxyl groups is 1. The van der Waals surface area contributed by atoms with E-state index in [0.29, 0.717) is 23.2 Å². The smallest absolute Gasteiger partial charge is 0.0757 e. The molecule has 3 saturated carbocycles. The first-order valence-corrected chi connectivity index (χ1v) is 13.1. The molecule has 0 aromatic rings. The molecule has 1 nitrogen and oxygen atoms in total. The second-order valence-corrected chi connectivity index (χ2v) is 12.9. The summed E-state index contributed by atoms with van der Waals surface area (Å²) in [6.45, 7) is 12.3. The third-order valence-corrected chi connectivity index (χ3v) is 10.6. The first-order valence-electron chi connectivity index (χ1n) is 12.7. The number of hydrogen-bond acceptors (Lipinski definition) is 1. The van der Waals surface area contributed by atoms with Crippen molar-refractivity contribution in [3.8, 4) is 0 Å². The second kappa shape index (κ2) is 8.16. The normalized spacial score (nSPS) is 47.9. The quantitative estimate of drug-likeness (QED) is 0.358. The Morgan fingerprint density at radius 2 is 1.79 bits per heavy atom. The van der Waals surface area contributed by atoms with E-state index in [2.05, 4.69) is 40.7 Å². The van der Waals surface area contributed by atoms with E-state index in [0.717, 1.165) is 30.6 Å². The van der Waals surface area contributed by atoms with Gasteiger partial charge in [-0.2, -0.15) is 0 Å². The maximum absolute atomic E-state index is 11.3. The minimum absolute atomic E-state index is 0.246. The Bertz CT molecular complexity index is 626. The van der Waals surface area contributed by atoms with Crippen LogP contribution in [0.4, 0.5) is 0 Å². The van der Waals surface area contributed by atoms with Gasteiger partial charge < -0.3 is 5.11 Å². The summed E-state index contributed by atoms with van der Waals surface area (Å²) in [6.07, 6.45) is 14.9. The van der Waals surface area contributed by atoms with Crippen molar-refractivity contribution in [1.82, 2.24) is 0 Å². The number of rotatable bonds is 5. The summed E-state index contributed by atoms with van der Waals surface area (Å²) in [5.41, 5.74) is 2.21. The van der Waals surface area contributed by atoms with Crippen molar-refractivity contribution in [2.75, 3.05) is 0 Å². The molecule has 9 atom stereocenters. The van der Waals surface area contributed by atoms with Gasteiger partial charge in [0, 0.05) is 5.38 Å². The van der Waals surface area contributed by atoms with E-state index in [1.165, 1.54) is 56.9 Å². The molecular weight excluding hydrogens is 376 g/mol. The molecule has 0 aromatic carbocycles. The Morgan fingerprint density at radius 1 is 1.03 bits per heavy atom. The predicted octanol–water partition coefficient (Wildman–Crippen LogP) is 7.61. The third-order valence-electron chi connectivity index (χ3n) is 10.3. The second-order valence-electron chi connectivity index (χ2n) is 12.3. The average molecular weight is 421 g/mol. The van der Waals surface area contributed by atoms with E-state index in [-0.39, 0.29) is 16.9 Å². The van der Waals surface area contributed by atoms with E-state index in [4.69, 9.17) is 11.6 Å². The van der Waals surface area contributed by atoms with Crippen molar-refractivity contribution in [1.29, 1.82) is 0 Å². The van der Waals surface area contributed by atoms with Crippen LogP contribution >= 0.6 is 11.6 Å². The van der Waals surface area contributed by atoms with Gasteiger partial charge in [-0.15, -0.1) is 11.6 Å². The summed E-state index contributed by atoms with van der Waals surface area (Å²) >= 11 is 6.53. The fraction of sp³-hybridized carbons (Fsp3) is 0.926. The zero-order valence-corrected chi connectivity index (χ0v) is 20.3. The van der Waals surface area contributed by atoms with Gasteiger partial charge in [0.1, 0.15) is 0 Å². The highest BCUT2D eigenvalue weighted by molar-refractivity contribution is 6.20. The van der Waals surface area contributed by atoms with Crippen LogP contribution in [0.5, 0.6) is 0 Å². The molecular formula is C27H45ClO. The van der Waals surface area contributed by atoms with E-state index in [1.54, 1.807) is 0 Å². The standard InChI is InChI=1S/C27H45ClO/c1-17(2)7-6-8-18(3)21-9-10-22-25-23(12-14-27(21,22)5)26(4)13-11-20(28)15-19(26)16-24(25)29/h16-18,20-25,29H,6-15H2,1-5H3. The van der Waals surface area contributed by atoms with Gasteiger partial charge in [-0.3, -0.25) is 0 Å². The molecule has 0 aromatic heterocycles. The van der Waals surface area contributed by atoms with Crippen LogP contribution in [0, 0.1) is 46.3 Å². The van der Waals surface area contributed by atoms with Crippen LogP contribution in [-0.2, 0) is 0 Å². The minimum Gasteiger partial charge on any atom is -0.389 e. The fourth-order valence-corrected chi connectivity index (χ4v) is 8.90. The van der Waals surface area contributed by atoms with Crippen LogP contribution in [0.25, 0.3) is 0 Å². The number of alkyl halides is 1. The highest BCUT2D eigenvalue weighted by Crippen LogP contribution is 2.67. The molecule has 166 valence electrons. The van der Waals surface area contributed by atoms with Gasteiger partial charge in [0.25, 0.3) is 0 Å². The number of fused-ring (bicyclic) bond motifs is 5. The fourth-order valence-electron chi connectivity index (χ4n) is 8.63. The lowest BCUT2D eigenvalue weighted by Crippen LogP contribution is -2.54. The zero-order chi connectivity index (χ0) is 21.0. The number of halogens is 1. The summed E-state index contributed by atoms with van der Waals surface area (Å²) in [4.78, 5) is 0. The van der Waals surface area contributed by atoms with Crippen LogP contribution < -0.4 is 0 Å². The van der Waals surface area contributed by atoms with Gasteiger partial charge in [0.05, 0.1) is 6.10 Å². The molecule has 4 aliphatic rings. The predicted molar refractivity (Wildman–Crippen MR) is 124 cm³/mol. The first kappa shape index (κ1) is 22.2. The molecule has 9 unspecified atom stereocenters. The highest BCUT2D eigenvalue weighted by Gasteiger charge is 2.61. The molecule has 0 spiro atoms. The summed E-state index contributed by atoms with van der Waals surface area (Å²) in [5, 5.41) is 11.6. The maximum Gasteiger partial charge on any atom is 0.0757 e. The highest BCUT2D eigenvalue weighted by atomic mass is 35.5. The minimum atomic E-state index is -0.246. The van der Waals surface area contributed by atoms with Gasteiger partial charge in [-0.25, -0.2) is 0 Å². The largest absolute Gasteiger partial charge is 0.389 e. The molecule has 4 aliphatic carbocycles. The van der Waals surface area contributed by atoms with E-state index in [9.17, 15) is 5.11 Å². The van der Waals surface area contributed by atoms with Gasteiger partial charge in [-0.1, -0.05) is 65.5 Å². The van der Waals surface area contributed by atoms with Crippen molar-refractivity contribution in [2.45, 2.75) is 110 Å². The Kier molecular flexibility index (Phi) is 6.24. The molecule has 0 heterocycles. The molecule has 0 saturated heterocycles. The van der Waals surface area contributed by atoms with Crippen molar-refractivity contribution in [3.63, 3.8) is 0 Å². The van der Waals surface area contributed by atoms with Crippen molar-refractivity contribution >= 4 is 11.6 Å². The lowest BCUT2D eigenvalue weighted by atomic mass is 9.46. The Balaban J connectivity index is 1.54. The van der Waals surface area contributed by atoms with Crippen molar-refractivity contribution in [3.05, 3.63) is 11.6 Å². The Hall–Kier alpha value is -0.0100. The molecule has 3 fully saturated rings. The average Bonchev–Trinajstić information content (AvgIpc) is 3.00. The number of allylic oxidation sites excluding steroid dienone is 1. The van der Waals surface area contributed by atoms with Crippen molar-refractivity contribution in [2.24, 2.45) is 46.3 Å². The SMILES string of the molecule is CC(C)CCCC(C)C1CCC2C3C(O)C=C4CC(Cl)CCC4(C)C3CCC12C. The van der Waals surface area contributed by atoms with Crippen LogP contribution in [0.15, 0.2) is 11.6 Å². The number of hydrogen-bond donors (Lipinski definition) is 1. The molecule has 0 amide bonds. The summed E-state index contributed by atoms with van der Waals surface area (Å²) in [7, 11) is 0. The molecule has 0 aliphatic heterocycles. The zero-order valence-electron chi connectivity index (χ0n) is 19.6. The van der Waals surface area contributed by atoms with Gasteiger partial charge in [0.15, 0.2) is 0 Å². The first-order chi connectivity index (χ1) is 13.7. The lowest BCUT2D eigenvalue weighted by Gasteiger charge is -2.59. The van der Waals surface area contributed by atoms with Gasteiger partial charge in [-0.05, 0) is 91.3 Å². The molecule has 29 heavy (non-hydrogen) atoms. The lowest BCUT2D eigenvalue weighted by molar-refractivity contribution is -0.0920. The summed E-state index contributed by atoms with van der Waals surface area (Å²) in [5.74, 6) is 4.35. The summed E-state index contributed by atoms with van der Waals surface area (Å²) < 4.78 is 0. The summed E-state index contributed by atoms with van der Waals surface area (Å²) in [6, 6.07) is 0. The monoisotopic (exact) mass is 420 g/mol. The number of aliphatic hydroxyl groups excluding tert-OH is 1. The van der Waals surface area contributed by atoms with E-state index < -0.39 is 0 Å². The van der Waals surface area contributed by atoms with Crippen LogP contribution in [-0.4, -0.2) is 16.6 Å². The maximum atomic E-state index is 11.3. The van der Waals surface area contributed by atoms with E-state index in [1.807, 2.05) is 0 Å². The Labute approximate surface area is 185 Å². The third kappa shape index (κ3) is 3.75. The van der Waals surface area contributed by atoms with Crippen LogP contribution in [0.2, 0.25) is 0 Å². The van der Waals surface area contributed by atoms with Gasteiger partial charge in [0.2, 0.25) is 0 Å². The molecule has 4 rings (SSSR count).